The average Bonchev–Trinajstić information content (AvgIpc) is 2.47. The number of pyridine rings is 1. The van der Waals surface area contributed by atoms with E-state index in [0.29, 0.717) is 11.3 Å². The van der Waals surface area contributed by atoms with E-state index >= 15 is 0 Å². The van der Waals surface area contributed by atoms with E-state index in [0.717, 1.165) is 17.8 Å². The summed E-state index contributed by atoms with van der Waals surface area (Å²) in [5, 5.41) is 14.4. The topological polar surface area (TPSA) is 101 Å². The van der Waals surface area contributed by atoms with Crippen LogP contribution in [0.1, 0.15) is 21.6 Å². The third-order valence-electron chi connectivity index (χ3n) is 2.84. The average molecular weight is 288 g/mol. The molecule has 6 nitrogen and oxygen atoms in total. The number of aromatic nitrogens is 1. The molecule has 108 valence electrons. The van der Waals surface area contributed by atoms with Crippen molar-refractivity contribution in [2.75, 3.05) is 5.32 Å². The number of nitrogens with two attached hydrogens (primary N) is 1. The van der Waals surface area contributed by atoms with Gasteiger partial charge in [-0.1, -0.05) is 17.3 Å². The van der Waals surface area contributed by atoms with E-state index in [2.05, 4.69) is 15.5 Å². The highest BCUT2D eigenvalue weighted by Gasteiger charge is 2.14. The van der Waals surface area contributed by atoms with Gasteiger partial charge in [0.25, 0.3) is 5.91 Å². The number of aryl methyl sites for hydroxylation is 1. The van der Waals surface area contributed by atoms with Crippen molar-refractivity contribution >= 4 is 17.4 Å². The van der Waals surface area contributed by atoms with Crippen LogP contribution >= 0.6 is 0 Å². The molecule has 0 fully saturated rings. The Labute approximate surface area is 120 Å². The van der Waals surface area contributed by atoms with Gasteiger partial charge in [-0.25, -0.2) is 9.37 Å². The Balaban J connectivity index is 2.33. The highest BCUT2D eigenvalue weighted by atomic mass is 19.1. The van der Waals surface area contributed by atoms with Gasteiger partial charge in [0, 0.05) is 5.56 Å². The molecule has 0 aliphatic rings. The summed E-state index contributed by atoms with van der Waals surface area (Å²) < 4.78 is 12.8. The van der Waals surface area contributed by atoms with Crippen molar-refractivity contribution in [1.29, 1.82) is 0 Å². The minimum absolute atomic E-state index is 0.0587. The number of amidine groups is 1. The van der Waals surface area contributed by atoms with Gasteiger partial charge >= 0.3 is 0 Å². The van der Waals surface area contributed by atoms with Crippen molar-refractivity contribution in [2.24, 2.45) is 10.9 Å². The van der Waals surface area contributed by atoms with Crippen LogP contribution < -0.4 is 11.1 Å². The Kier molecular flexibility index (Phi) is 4.13. The lowest BCUT2D eigenvalue weighted by molar-refractivity contribution is 0.102. The molecule has 1 amide bonds. The first-order valence-corrected chi connectivity index (χ1v) is 6.03. The zero-order valence-electron chi connectivity index (χ0n) is 11.2. The quantitative estimate of drug-likeness (QED) is 0.347. The molecule has 0 saturated heterocycles. The number of nitrogens with one attached hydrogen (secondary N) is 1. The van der Waals surface area contributed by atoms with Crippen molar-refractivity contribution in [2.45, 2.75) is 6.92 Å². The zero-order chi connectivity index (χ0) is 15.4. The first-order chi connectivity index (χ1) is 10.0. The molecule has 0 aliphatic heterocycles. The van der Waals surface area contributed by atoms with Gasteiger partial charge in [-0.2, -0.15) is 0 Å². The van der Waals surface area contributed by atoms with Crippen LogP contribution in [0.5, 0.6) is 0 Å². The molecule has 2 aromatic rings. The van der Waals surface area contributed by atoms with E-state index in [9.17, 15) is 9.18 Å². The van der Waals surface area contributed by atoms with Crippen molar-refractivity contribution in [3.63, 3.8) is 0 Å². The highest BCUT2D eigenvalue weighted by molar-refractivity contribution is 6.09. The number of nitrogens with zero attached hydrogens (tertiary/aromatic N) is 2. The van der Waals surface area contributed by atoms with E-state index in [1.54, 1.807) is 25.1 Å². The normalized spacial score (nSPS) is 11.2. The fraction of sp³-hybridized carbons (Fsp3) is 0.0714. The standard InChI is InChI=1S/C14H13FN4O2/c1-8-3-2-4-10(12(8)13(16)19-21)18-14(20)11-6-5-9(15)7-17-11/h2-7,21H,1H3,(H2,16,19)(H,18,20). The molecule has 0 spiro atoms. The van der Waals surface area contributed by atoms with Crippen LogP contribution in [-0.4, -0.2) is 21.9 Å². The second kappa shape index (κ2) is 6.00. The number of amides is 1. The number of oxime groups is 1. The third-order valence-corrected chi connectivity index (χ3v) is 2.84. The molecule has 2 rings (SSSR count). The molecular weight excluding hydrogens is 275 g/mol. The highest BCUT2D eigenvalue weighted by Crippen LogP contribution is 2.20. The Hall–Kier alpha value is -2.96. The van der Waals surface area contributed by atoms with Crippen LogP contribution in [0, 0.1) is 12.7 Å². The molecule has 0 atom stereocenters. The van der Waals surface area contributed by atoms with Gasteiger partial charge in [0.2, 0.25) is 0 Å². The van der Waals surface area contributed by atoms with Crippen LogP contribution in [0.15, 0.2) is 41.7 Å². The Morgan fingerprint density at radius 2 is 2.14 bits per heavy atom. The lowest BCUT2D eigenvalue weighted by Gasteiger charge is -2.12. The van der Waals surface area contributed by atoms with Crippen LogP contribution in [0.2, 0.25) is 0 Å². The van der Waals surface area contributed by atoms with Gasteiger partial charge in [0.05, 0.1) is 11.9 Å². The maximum atomic E-state index is 12.8. The predicted molar refractivity (Wildman–Crippen MR) is 75.8 cm³/mol. The lowest BCUT2D eigenvalue weighted by Crippen LogP contribution is -2.21. The second-order valence-corrected chi connectivity index (χ2v) is 4.30. The summed E-state index contributed by atoms with van der Waals surface area (Å²) in [7, 11) is 0. The molecule has 0 radical (unpaired) electrons. The van der Waals surface area contributed by atoms with Gasteiger partial charge in [-0.05, 0) is 30.7 Å². The number of anilines is 1. The first-order valence-electron chi connectivity index (χ1n) is 6.03. The fourth-order valence-corrected chi connectivity index (χ4v) is 1.86. The summed E-state index contributed by atoms with van der Waals surface area (Å²) >= 11 is 0. The molecule has 0 bridgehead atoms. The van der Waals surface area contributed by atoms with Crippen molar-refractivity contribution < 1.29 is 14.4 Å². The zero-order valence-corrected chi connectivity index (χ0v) is 11.2. The number of hydrogen-bond donors (Lipinski definition) is 3. The summed E-state index contributed by atoms with van der Waals surface area (Å²) in [4.78, 5) is 15.8. The maximum absolute atomic E-state index is 12.8. The van der Waals surface area contributed by atoms with E-state index in [1.165, 1.54) is 6.07 Å². The number of hydrogen-bond acceptors (Lipinski definition) is 4. The molecule has 1 heterocycles. The van der Waals surface area contributed by atoms with Gasteiger partial charge in [-0.15, -0.1) is 0 Å². The fourth-order valence-electron chi connectivity index (χ4n) is 1.86. The van der Waals surface area contributed by atoms with Gasteiger partial charge in [-0.3, -0.25) is 4.79 Å². The number of carbonyl (C=O) groups excluding carboxylic acids is 1. The predicted octanol–water partition coefficient (Wildman–Crippen LogP) is 1.88. The number of benzene rings is 1. The van der Waals surface area contributed by atoms with E-state index in [4.69, 9.17) is 10.9 Å². The Morgan fingerprint density at radius 1 is 1.38 bits per heavy atom. The molecule has 7 heteroatoms. The molecular formula is C14H13FN4O2. The van der Waals surface area contributed by atoms with Crippen LogP contribution in [0.4, 0.5) is 10.1 Å². The van der Waals surface area contributed by atoms with Crippen LogP contribution in [0.3, 0.4) is 0 Å². The van der Waals surface area contributed by atoms with Gasteiger partial charge in [0.15, 0.2) is 5.84 Å². The molecule has 0 aliphatic carbocycles. The third kappa shape index (κ3) is 3.14. The number of rotatable bonds is 3. The summed E-state index contributed by atoms with van der Waals surface area (Å²) in [5.41, 5.74) is 7.19. The minimum Gasteiger partial charge on any atom is -0.409 e. The van der Waals surface area contributed by atoms with Gasteiger partial charge < -0.3 is 16.3 Å². The molecule has 21 heavy (non-hydrogen) atoms. The molecule has 4 N–H and O–H groups in total. The van der Waals surface area contributed by atoms with Gasteiger partial charge in [0.1, 0.15) is 11.5 Å². The largest absolute Gasteiger partial charge is 0.409 e. The summed E-state index contributed by atoms with van der Waals surface area (Å²) in [6, 6.07) is 7.50. The first kappa shape index (κ1) is 14.4. The minimum atomic E-state index is -0.528. The van der Waals surface area contributed by atoms with E-state index < -0.39 is 11.7 Å². The van der Waals surface area contributed by atoms with E-state index in [1.807, 2.05) is 0 Å². The molecule has 0 unspecified atom stereocenters. The lowest BCUT2D eigenvalue weighted by atomic mass is 10.1. The molecule has 0 saturated carbocycles. The summed E-state index contributed by atoms with van der Waals surface area (Å²) in [6.07, 6.45) is 0.954. The van der Waals surface area contributed by atoms with Crippen LogP contribution in [0.25, 0.3) is 0 Å². The second-order valence-electron chi connectivity index (χ2n) is 4.30. The van der Waals surface area contributed by atoms with Crippen LogP contribution in [-0.2, 0) is 0 Å². The van der Waals surface area contributed by atoms with Crippen molar-refractivity contribution in [1.82, 2.24) is 4.98 Å². The smallest absolute Gasteiger partial charge is 0.274 e. The maximum Gasteiger partial charge on any atom is 0.274 e. The number of carbonyl (C=O) groups is 1. The summed E-state index contributed by atoms with van der Waals surface area (Å²) in [6.45, 7) is 1.76. The van der Waals surface area contributed by atoms with Crippen molar-refractivity contribution in [3.05, 3.63) is 59.2 Å². The monoisotopic (exact) mass is 288 g/mol. The van der Waals surface area contributed by atoms with E-state index in [-0.39, 0.29) is 11.5 Å². The molecule has 1 aromatic carbocycles. The Morgan fingerprint density at radius 3 is 2.76 bits per heavy atom. The summed E-state index contributed by atoms with van der Waals surface area (Å²) in [5.74, 6) is -1.16. The molecule has 1 aromatic heterocycles. The Bertz CT molecular complexity index is 699. The number of halogens is 1. The van der Waals surface area contributed by atoms with Crippen molar-refractivity contribution in [3.8, 4) is 0 Å². The SMILES string of the molecule is Cc1cccc(NC(=O)c2ccc(F)cn2)c1/C(N)=N/O.